The third-order valence-electron chi connectivity index (χ3n) is 4.55. The zero-order chi connectivity index (χ0) is 19.4. The predicted molar refractivity (Wildman–Crippen MR) is 98.0 cm³/mol. The van der Waals surface area contributed by atoms with Crippen LogP contribution in [0.1, 0.15) is 34.3 Å². The summed E-state index contributed by atoms with van der Waals surface area (Å²) in [4.78, 5) is 14.6. The van der Waals surface area contributed by atoms with Gasteiger partial charge < -0.3 is 15.0 Å². The lowest BCUT2D eigenvalue weighted by atomic mass is 10.1. The molecule has 0 aliphatic carbocycles. The van der Waals surface area contributed by atoms with Crippen LogP contribution in [0.3, 0.4) is 0 Å². The highest BCUT2D eigenvalue weighted by molar-refractivity contribution is 6.06. The SMILES string of the molecule is COCc1ccc(C(=O)Nc2cc(C(F)(F)F)ccc2N2CCCC2)cc1. The first kappa shape index (κ1) is 19.2. The molecule has 27 heavy (non-hydrogen) atoms. The van der Waals surface area contributed by atoms with Crippen LogP contribution in [0.2, 0.25) is 0 Å². The number of anilines is 2. The minimum atomic E-state index is -4.47. The number of hydrogen-bond acceptors (Lipinski definition) is 3. The summed E-state index contributed by atoms with van der Waals surface area (Å²) < 4.78 is 44.4. The number of ether oxygens (including phenoxy) is 1. The summed E-state index contributed by atoms with van der Waals surface area (Å²) in [5.41, 5.74) is 1.30. The summed E-state index contributed by atoms with van der Waals surface area (Å²) in [7, 11) is 1.58. The van der Waals surface area contributed by atoms with Gasteiger partial charge in [0.1, 0.15) is 0 Å². The topological polar surface area (TPSA) is 41.6 Å². The molecule has 0 spiro atoms. The first-order valence-electron chi connectivity index (χ1n) is 8.74. The maximum Gasteiger partial charge on any atom is 0.416 e. The first-order valence-corrected chi connectivity index (χ1v) is 8.74. The predicted octanol–water partition coefficient (Wildman–Crippen LogP) is 4.70. The number of amides is 1. The fourth-order valence-corrected chi connectivity index (χ4v) is 3.16. The van der Waals surface area contributed by atoms with Crippen molar-refractivity contribution in [3.8, 4) is 0 Å². The minimum Gasteiger partial charge on any atom is -0.380 e. The zero-order valence-corrected chi connectivity index (χ0v) is 15.0. The van der Waals surface area contributed by atoms with E-state index in [0.717, 1.165) is 43.6 Å². The largest absolute Gasteiger partial charge is 0.416 e. The summed E-state index contributed by atoms with van der Waals surface area (Å²) in [6.45, 7) is 1.95. The number of nitrogens with one attached hydrogen (secondary N) is 1. The Bertz CT molecular complexity index is 798. The van der Waals surface area contributed by atoms with Crippen LogP contribution in [0.15, 0.2) is 42.5 Å². The van der Waals surface area contributed by atoms with Crippen LogP contribution < -0.4 is 10.2 Å². The van der Waals surface area contributed by atoms with Gasteiger partial charge in [-0.05, 0) is 48.7 Å². The summed E-state index contributed by atoms with van der Waals surface area (Å²) in [5.74, 6) is -0.446. The van der Waals surface area contributed by atoms with E-state index >= 15 is 0 Å². The van der Waals surface area contributed by atoms with Crippen LogP contribution in [0.4, 0.5) is 24.5 Å². The average Bonchev–Trinajstić information content (AvgIpc) is 3.16. The normalized spacial score (nSPS) is 14.4. The van der Waals surface area contributed by atoms with Crippen LogP contribution in [0, 0.1) is 0 Å². The average molecular weight is 378 g/mol. The number of hydrogen-bond donors (Lipinski definition) is 1. The van der Waals surface area contributed by atoms with Crippen molar-refractivity contribution < 1.29 is 22.7 Å². The van der Waals surface area contributed by atoms with E-state index in [2.05, 4.69) is 5.32 Å². The lowest BCUT2D eigenvalue weighted by Crippen LogP contribution is -2.22. The molecule has 0 saturated carbocycles. The Morgan fingerprint density at radius 2 is 1.78 bits per heavy atom. The molecule has 4 nitrogen and oxygen atoms in total. The molecule has 0 atom stereocenters. The third kappa shape index (κ3) is 4.60. The Kier molecular flexibility index (Phi) is 5.70. The monoisotopic (exact) mass is 378 g/mol. The van der Waals surface area contributed by atoms with Crippen molar-refractivity contribution in [3.05, 3.63) is 59.2 Å². The van der Waals surface area contributed by atoms with Crippen molar-refractivity contribution in [2.45, 2.75) is 25.6 Å². The Morgan fingerprint density at radius 3 is 2.37 bits per heavy atom. The molecule has 1 aliphatic rings. The van der Waals surface area contributed by atoms with Crippen molar-refractivity contribution in [1.29, 1.82) is 0 Å². The molecule has 1 aliphatic heterocycles. The molecule has 0 radical (unpaired) electrons. The van der Waals surface area contributed by atoms with Crippen molar-refractivity contribution in [1.82, 2.24) is 0 Å². The molecule has 2 aromatic rings. The molecule has 0 bridgehead atoms. The van der Waals surface area contributed by atoms with Crippen LogP contribution in [0.25, 0.3) is 0 Å². The molecule has 1 N–H and O–H groups in total. The van der Waals surface area contributed by atoms with Gasteiger partial charge in [0.15, 0.2) is 0 Å². The highest BCUT2D eigenvalue weighted by Crippen LogP contribution is 2.36. The van der Waals surface area contributed by atoms with Crippen LogP contribution in [-0.4, -0.2) is 26.1 Å². The van der Waals surface area contributed by atoms with Crippen molar-refractivity contribution in [2.24, 2.45) is 0 Å². The van der Waals surface area contributed by atoms with E-state index in [-0.39, 0.29) is 5.69 Å². The van der Waals surface area contributed by atoms with Crippen molar-refractivity contribution >= 4 is 17.3 Å². The van der Waals surface area contributed by atoms with Gasteiger partial charge in [-0.1, -0.05) is 12.1 Å². The fraction of sp³-hybridized carbons (Fsp3) is 0.350. The molecule has 0 aromatic heterocycles. The molecule has 1 saturated heterocycles. The molecule has 7 heteroatoms. The Morgan fingerprint density at radius 1 is 1.11 bits per heavy atom. The quantitative estimate of drug-likeness (QED) is 0.820. The van der Waals surface area contributed by atoms with Gasteiger partial charge in [-0.3, -0.25) is 4.79 Å². The highest BCUT2D eigenvalue weighted by Gasteiger charge is 2.32. The van der Waals surface area contributed by atoms with Gasteiger partial charge in [-0.2, -0.15) is 13.2 Å². The second kappa shape index (κ2) is 8.00. The lowest BCUT2D eigenvalue weighted by molar-refractivity contribution is -0.137. The molecule has 2 aromatic carbocycles. The summed E-state index contributed by atoms with van der Waals surface area (Å²) in [5, 5.41) is 2.66. The summed E-state index contributed by atoms with van der Waals surface area (Å²) >= 11 is 0. The van der Waals surface area contributed by atoms with Gasteiger partial charge in [-0.25, -0.2) is 0 Å². The van der Waals surface area contributed by atoms with E-state index in [9.17, 15) is 18.0 Å². The maximum atomic E-state index is 13.1. The Hall–Kier alpha value is -2.54. The minimum absolute atomic E-state index is 0.178. The Labute approximate surface area is 155 Å². The van der Waals surface area contributed by atoms with E-state index in [1.54, 1.807) is 31.4 Å². The standard InChI is InChI=1S/C20H21F3N2O2/c1-27-13-14-4-6-15(7-5-14)19(26)24-17-12-16(20(21,22)23)8-9-18(17)25-10-2-3-11-25/h4-9,12H,2-3,10-11,13H2,1H3,(H,24,26). The molecule has 1 amide bonds. The first-order chi connectivity index (χ1) is 12.9. The summed E-state index contributed by atoms with van der Waals surface area (Å²) in [6, 6.07) is 10.3. The molecule has 1 heterocycles. The molecular formula is C20H21F3N2O2. The van der Waals surface area contributed by atoms with Crippen molar-refractivity contribution in [3.63, 3.8) is 0 Å². The second-order valence-electron chi connectivity index (χ2n) is 6.51. The van der Waals surface area contributed by atoms with E-state index in [0.29, 0.717) is 17.9 Å². The number of alkyl halides is 3. The lowest BCUT2D eigenvalue weighted by Gasteiger charge is -2.23. The number of methoxy groups -OCH3 is 1. The number of carbonyl (C=O) groups is 1. The Balaban J connectivity index is 1.87. The van der Waals surface area contributed by atoms with E-state index < -0.39 is 17.6 Å². The number of carbonyl (C=O) groups excluding carboxylic acids is 1. The third-order valence-corrected chi connectivity index (χ3v) is 4.55. The van der Waals surface area contributed by atoms with Crippen LogP contribution in [-0.2, 0) is 17.5 Å². The fourth-order valence-electron chi connectivity index (χ4n) is 3.16. The smallest absolute Gasteiger partial charge is 0.380 e. The van der Waals surface area contributed by atoms with Gasteiger partial charge >= 0.3 is 6.18 Å². The van der Waals surface area contributed by atoms with Crippen LogP contribution in [0.5, 0.6) is 0 Å². The highest BCUT2D eigenvalue weighted by atomic mass is 19.4. The van der Waals surface area contributed by atoms with Gasteiger partial charge in [0, 0.05) is 25.8 Å². The van der Waals surface area contributed by atoms with Gasteiger partial charge in [-0.15, -0.1) is 0 Å². The molecule has 0 unspecified atom stereocenters. The van der Waals surface area contributed by atoms with E-state index in [1.165, 1.54) is 6.07 Å². The maximum absolute atomic E-state index is 13.1. The molecule has 3 rings (SSSR count). The molecule has 144 valence electrons. The molecule has 1 fully saturated rings. The number of rotatable bonds is 5. The van der Waals surface area contributed by atoms with E-state index in [4.69, 9.17) is 4.74 Å². The van der Waals surface area contributed by atoms with Crippen LogP contribution >= 0.6 is 0 Å². The van der Waals surface area contributed by atoms with E-state index in [1.807, 2.05) is 4.90 Å². The number of halogens is 3. The van der Waals surface area contributed by atoms with Gasteiger partial charge in [0.25, 0.3) is 5.91 Å². The number of benzene rings is 2. The second-order valence-corrected chi connectivity index (χ2v) is 6.51. The van der Waals surface area contributed by atoms with Gasteiger partial charge in [0.05, 0.1) is 23.5 Å². The number of nitrogens with zero attached hydrogens (tertiary/aromatic N) is 1. The molecular weight excluding hydrogens is 357 g/mol. The van der Waals surface area contributed by atoms with Gasteiger partial charge in [0.2, 0.25) is 0 Å². The zero-order valence-electron chi connectivity index (χ0n) is 15.0. The summed E-state index contributed by atoms with van der Waals surface area (Å²) in [6.07, 6.45) is -2.50. The van der Waals surface area contributed by atoms with Crippen molar-refractivity contribution in [2.75, 3.05) is 30.4 Å².